The van der Waals surface area contributed by atoms with E-state index in [1.54, 1.807) is 53.8 Å². The molecule has 1 amide bonds. The molecule has 10 heteroatoms. The maximum absolute atomic E-state index is 13.7. The zero-order chi connectivity index (χ0) is 23.0. The van der Waals surface area contributed by atoms with Crippen molar-refractivity contribution in [1.82, 2.24) is 0 Å². The average Bonchev–Trinajstić information content (AvgIpc) is 2.81. The lowest BCUT2D eigenvalue weighted by Gasteiger charge is -2.26. The van der Waals surface area contributed by atoms with Gasteiger partial charge in [0.2, 0.25) is 5.82 Å². The van der Waals surface area contributed by atoms with Crippen molar-refractivity contribution in [3.63, 3.8) is 0 Å². The van der Waals surface area contributed by atoms with Crippen LogP contribution in [-0.4, -0.2) is 18.5 Å². The molecule has 164 valence electrons. The lowest BCUT2D eigenvalue weighted by atomic mass is 9.88. The van der Waals surface area contributed by atoms with Crippen LogP contribution < -0.4 is 10.1 Å². The maximum atomic E-state index is 13.7. The quantitative estimate of drug-likeness (QED) is 0.269. The van der Waals surface area contributed by atoms with Gasteiger partial charge in [-0.2, -0.15) is 0 Å². The highest BCUT2D eigenvalue weighted by Gasteiger charge is 2.34. The second kappa shape index (κ2) is 8.29. The third-order valence-electron chi connectivity index (χ3n) is 4.74. The third kappa shape index (κ3) is 3.64. The van der Waals surface area contributed by atoms with Crippen LogP contribution >= 0.6 is 0 Å². The Bertz CT molecular complexity index is 1170. The molecule has 4 rings (SSSR count). The number of esters is 1. The van der Waals surface area contributed by atoms with Crippen LogP contribution in [0.5, 0.6) is 11.5 Å². The van der Waals surface area contributed by atoms with E-state index in [-0.39, 0.29) is 0 Å². The summed E-state index contributed by atoms with van der Waals surface area (Å²) in [6.07, 6.45) is 0. The summed E-state index contributed by atoms with van der Waals surface area (Å²) in [6, 6.07) is 13.3. The summed E-state index contributed by atoms with van der Waals surface area (Å²) in [4.78, 5) is 24.8. The number of carbonyl (C=O) groups excluding carboxylic acids is 2. The van der Waals surface area contributed by atoms with E-state index in [2.05, 4.69) is 0 Å². The van der Waals surface area contributed by atoms with Gasteiger partial charge in [-0.25, -0.2) is 22.0 Å². The van der Waals surface area contributed by atoms with Gasteiger partial charge in [0.05, 0.1) is 0 Å². The van der Waals surface area contributed by atoms with Crippen LogP contribution in [0, 0.1) is 29.1 Å². The molecule has 0 fully saturated rings. The molecule has 0 spiro atoms. The molecule has 32 heavy (non-hydrogen) atoms. The Morgan fingerprint density at radius 3 is 1.78 bits per heavy atom. The Hall–Kier alpha value is -3.95. The van der Waals surface area contributed by atoms with Gasteiger partial charge < -0.3 is 14.8 Å². The molecule has 0 radical (unpaired) electrons. The first-order chi connectivity index (χ1) is 15.3. The number of anilines is 1. The van der Waals surface area contributed by atoms with Gasteiger partial charge in [-0.3, -0.25) is 9.59 Å². The standard InChI is InChI=1S/C22H12F5NO4/c23-16-17(24)19(26)21(20(27)18(16)25)28-14(29)9-31-22(30)15-10-5-1-3-7-12(10)32-13-8-4-2-6-11(13)15/h1-8,15H,9H2,(H,28,29). The first kappa shape index (κ1) is 21.3. The van der Waals surface area contributed by atoms with Gasteiger partial charge in [-0.1, -0.05) is 36.4 Å². The number of halogens is 5. The van der Waals surface area contributed by atoms with Gasteiger partial charge in [-0.05, 0) is 12.1 Å². The topological polar surface area (TPSA) is 64.6 Å². The molecule has 0 aliphatic carbocycles. The zero-order valence-electron chi connectivity index (χ0n) is 15.9. The Balaban J connectivity index is 1.53. The molecule has 3 aromatic carbocycles. The van der Waals surface area contributed by atoms with Crippen LogP contribution in [0.25, 0.3) is 0 Å². The van der Waals surface area contributed by atoms with Crippen molar-refractivity contribution >= 4 is 17.6 Å². The largest absolute Gasteiger partial charge is 0.457 e. The van der Waals surface area contributed by atoms with Crippen LogP contribution in [0.4, 0.5) is 27.6 Å². The lowest BCUT2D eigenvalue weighted by molar-refractivity contribution is -0.148. The van der Waals surface area contributed by atoms with Crippen molar-refractivity contribution in [3.8, 4) is 11.5 Å². The number of hydrogen-bond acceptors (Lipinski definition) is 4. The van der Waals surface area contributed by atoms with Crippen LogP contribution in [0.2, 0.25) is 0 Å². The van der Waals surface area contributed by atoms with E-state index in [1.807, 2.05) is 0 Å². The van der Waals surface area contributed by atoms with E-state index < -0.39 is 59.2 Å². The highest BCUT2D eigenvalue weighted by atomic mass is 19.2. The van der Waals surface area contributed by atoms with Crippen molar-refractivity contribution in [1.29, 1.82) is 0 Å². The summed E-state index contributed by atoms with van der Waals surface area (Å²) in [6.45, 7) is -1.03. The second-order valence-corrected chi connectivity index (χ2v) is 6.71. The Labute approximate surface area is 177 Å². The van der Waals surface area contributed by atoms with Crippen LogP contribution in [0.1, 0.15) is 17.0 Å². The summed E-state index contributed by atoms with van der Waals surface area (Å²) in [7, 11) is 0. The summed E-state index contributed by atoms with van der Waals surface area (Å²) >= 11 is 0. The van der Waals surface area contributed by atoms with E-state index in [9.17, 15) is 31.5 Å². The fraction of sp³-hybridized carbons (Fsp3) is 0.0909. The van der Waals surface area contributed by atoms with Crippen molar-refractivity contribution < 1.29 is 41.0 Å². The van der Waals surface area contributed by atoms with Gasteiger partial charge >= 0.3 is 5.97 Å². The van der Waals surface area contributed by atoms with Crippen molar-refractivity contribution in [2.45, 2.75) is 5.92 Å². The molecule has 5 nitrogen and oxygen atoms in total. The molecule has 0 saturated carbocycles. The fourth-order valence-electron chi connectivity index (χ4n) is 3.27. The monoisotopic (exact) mass is 449 g/mol. The fourth-order valence-corrected chi connectivity index (χ4v) is 3.27. The number of para-hydroxylation sites is 2. The molecule has 3 aromatic rings. The Morgan fingerprint density at radius 1 is 0.781 bits per heavy atom. The smallest absolute Gasteiger partial charge is 0.318 e. The number of carbonyl (C=O) groups is 2. The third-order valence-corrected chi connectivity index (χ3v) is 4.74. The lowest BCUT2D eigenvalue weighted by Crippen LogP contribution is -2.27. The van der Waals surface area contributed by atoms with Crippen LogP contribution in [0.15, 0.2) is 48.5 Å². The average molecular weight is 449 g/mol. The minimum absolute atomic E-state index is 0.402. The molecule has 0 aromatic heterocycles. The Kier molecular flexibility index (Phi) is 5.52. The van der Waals surface area contributed by atoms with Crippen LogP contribution in [0.3, 0.4) is 0 Å². The summed E-state index contributed by atoms with van der Waals surface area (Å²) in [5.41, 5.74) is -0.600. The van der Waals surface area contributed by atoms with Gasteiger partial charge in [0.1, 0.15) is 23.1 Å². The highest BCUT2D eigenvalue weighted by molar-refractivity contribution is 5.94. The van der Waals surface area contributed by atoms with Gasteiger partial charge in [-0.15, -0.1) is 0 Å². The number of nitrogens with one attached hydrogen (secondary N) is 1. The molecule has 1 N–H and O–H groups in total. The number of rotatable bonds is 4. The van der Waals surface area contributed by atoms with Crippen LogP contribution in [-0.2, 0) is 14.3 Å². The van der Waals surface area contributed by atoms with Gasteiger partial charge in [0.15, 0.2) is 29.9 Å². The molecule has 0 atom stereocenters. The maximum Gasteiger partial charge on any atom is 0.318 e. The molecular weight excluding hydrogens is 437 g/mol. The van der Waals surface area contributed by atoms with Gasteiger partial charge in [0.25, 0.3) is 5.91 Å². The summed E-state index contributed by atoms with van der Waals surface area (Å²) < 4.78 is 77.9. The van der Waals surface area contributed by atoms with Crippen molar-refractivity contribution in [3.05, 3.63) is 88.7 Å². The van der Waals surface area contributed by atoms with E-state index in [4.69, 9.17) is 9.47 Å². The van der Waals surface area contributed by atoms with Gasteiger partial charge in [0, 0.05) is 11.1 Å². The molecule has 1 heterocycles. The highest BCUT2D eigenvalue weighted by Crippen LogP contribution is 2.44. The predicted octanol–water partition coefficient (Wildman–Crippen LogP) is 4.80. The number of fused-ring (bicyclic) bond motifs is 2. The normalized spacial score (nSPS) is 12.4. The van der Waals surface area contributed by atoms with Crippen molar-refractivity contribution in [2.75, 3.05) is 11.9 Å². The van der Waals surface area contributed by atoms with E-state index >= 15 is 0 Å². The van der Waals surface area contributed by atoms with E-state index in [1.165, 1.54) is 0 Å². The second-order valence-electron chi connectivity index (χ2n) is 6.71. The first-order valence-corrected chi connectivity index (χ1v) is 9.13. The number of benzene rings is 3. The van der Waals surface area contributed by atoms with E-state index in [0.717, 1.165) is 0 Å². The van der Waals surface area contributed by atoms with Crippen molar-refractivity contribution in [2.24, 2.45) is 0 Å². The minimum Gasteiger partial charge on any atom is -0.457 e. The number of hydrogen-bond donors (Lipinski definition) is 1. The molecule has 0 saturated heterocycles. The zero-order valence-corrected chi connectivity index (χ0v) is 15.9. The summed E-state index contributed by atoms with van der Waals surface area (Å²) in [5.74, 6) is -13.5. The molecule has 1 aliphatic heterocycles. The first-order valence-electron chi connectivity index (χ1n) is 9.13. The number of amides is 1. The molecule has 0 bridgehead atoms. The SMILES string of the molecule is O=C(COC(=O)C1c2ccccc2Oc2ccccc21)Nc1c(F)c(F)c(F)c(F)c1F. The molecular formula is C22H12F5NO4. The van der Waals surface area contributed by atoms with E-state index in [0.29, 0.717) is 22.6 Å². The minimum atomic E-state index is -2.36. The molecule has 1 aliphatic rings. The number of ether oxygens (including phenoxy) is 2. The Morgan fingerprint density at radius 2 is 1.25 bits per heavy atom. The predicted molar refractivity (Wildman–Crippen MR) is 101 cm³/mol. The summed E-state index contributed by atoms with van der Waals surface area (Å²) in [5, 5.41) is 1.55. The molecule has 0 unspecified atom stereocenters.